The van der Waals surface area contributed by atoms with Crippen molar-refractivity contribution in [1.82, 2.24) is 4.90 Å². The summed E-state index contributed by atoms with van der Waals surface area (Å²) in [5.74, 6) is 0.767. The van der Waals surface area contributed by atoms with E-state index in [9.17, 15) is 0 Å². The van der Waals surface area contributed by atoms with E-state index >= 15 is 0 Å². The molecular weight excluding hydrogens is 232 g/mol. The summed E-state index contributed by atoms with van der Waals surface area (Å²) in [6.45, 7) is 7.28. The lowest BCUT2D eigenvalue weighted by Crippen LogP contribution is -2.61. The van der Waals surface area contributed by atoms with Crippen molar-refractivity contribution in [2.45, 2.75) is 89.6 Å². The van der Waals surface area contributed by atoms with Crippen LogP contribution in [0.15, 0.2) is 0 Å². The third kappa shape index (κ3) is 3.16. The lowest BCUT2D eigenvalue weighted by molar-refractivity contribution is 0.0505. The first kappa shape index (κ1) is 15.3. The Bertz CT molecular complexity index is 246. The smallest absolute Gasteiger partial charge is 0.0357 e. The highest BCUT2D eigenvalue weighted by atomic mass is 15.2. The van der Waals surface area contributed by atoms with Crippen molar-refractivity contribution >= 4 is 0 Å². The van der Waals surface area contributed by atoms with Crippen molar-refractivity contribution in [3.05, 3.63) is 0 Å². The van der Waals surface area contributed by atoms with E-state index in [-0.39, 0.29) is 5.54 Å². The molecule has 1 aliphatic heterocycles. The fourth-order valence-corrected chi connectivity index (χ4v) is 4.65. The van der Waals surface area contributed by atoms with Crippen molar-refractivity contribution in [1.29, 1.82) is 0 Å². The quantitative estimate of drug-likeness (QED) is 0.764. The zero-order valence-electron chi connectivity index (χ0n) is 13.2. The van der Waals surface area contributed by atoms with Gasteiger partial charge in [0.15, 0.2) is 0 Å². The molecule has 1 saturated carbocycles. The van der Waals surface area contributed by atoms with Gasteiger partial charge in [-0.1, -0.05) is 39.5 Å². The molecule has 1 saturated heterocycles. The molecule has 2 N–H and O–H groups in total. The largest absolute Gasteiger partial charge is 0.326 e. The minimum Gasteiger partial charge on any atom is -0.326 e. The molecule has 2 nitrogen and oxygen atoms in total. The Morgan fingerprint density at radius 1 is 0.947 bits per heavy atom. The number of hydrogen-bond donors (Lipinski definition) is 1. The van der Waals surface area contributed by atoms with Gasteiger partial charge >= 0.3 is 0 Å². The Kier molecular flexibility index (Phi) is 5.70. The zero-order chi connectivity index (χ0) is 13.7. The first-order valence-corrected chi connectivity index (χ1v) is 8.75. The first-order chi connectivity index (χ1) is 9.24. The maximum atomic E-state index is 6.86. The molecule has 0 bridgehead atoms. The molecule has 1 atom stereocenters. The van der Waals surface area contributed by atoms with Gasteiger partial charge in [-0.05, 0) is 57.5 Å². The highest BCUT2D eigenvalue weighted by molar-refractivity contribution is 5.01. The number of nitrogens with zero attached hydrogens (tertiary/aromatic N) is 1. The number of hydrogen-bond acceptors (Lipinski definition) is 2. The van der Waals surface area contributed by atoms with E-state index in [2.05, 4.69) is 18.7 Å². The third-order valence-corrected chi connectivity index (χ3v) is 5.99. The van der Waals surface area contributed by atoms with Gasteiger partial charge in [0.05, 0.1) is 0 Å². The Hall–Kier alpha value is -0.0800. The monoisotopic (exact) mass is 266 g/mol. The average molecular weight is 266 g/mol. The van der Waals surface area contributed by atoms with Crippen LogP contribution in [0.4, 0.5) is 0 Å². The first-order valence-electron chi connectivity index (χ1n) is 8.75. The molecule has 112 valence electrons. The minimum atomic E-state index is 0.283. The van der Waals surface area contributed by atoms with Crippen molar-refractivity contribution in [2.75, 3.05) is 13.1 Å². The van der Waals surface area contributed by atoms with Crippen LogP contribution in [0.1, 0.15) is 78.1 Å². The molecule has 2 fully saturated rings. The van der Waals surface area contributed by atoms with Crippen molar-refractivity contribution in [2.24, 2.45) is 11.7 Å². The van der Waals surface area contributed by atoms with Gasteiger partial charge in [-0.15, -0.1) is 0 Å². The molecule has 2 aliphatic rings. The fraction of sp³-hybridized carbons (Fsp3) is 1.00. The molecule has 2 rings (SSSR count). The summed E-state index contributed by atoms with van der Waals surface area (Å²) in [5.41, 5.74) is 7.14. The van der Waals surface area contributed by atoms with Crippen LogP contribution in [0, 0.1) is 5.92 Å². The molecule has 0 aromatic heterocycles. The van der Waals surface area contributed by atoms with Gasteiger partial charge in [-0.3, -0.25) is 4.90 Å². The lowest BCUT2D eigenvalue weighted by Gasteiger charge is -2.48. The summed E-state index contributed by atoms with van der Waals surface area (Å²) in [6, 6.07) is 0.388. The topological polar surface area (TPSA) is 29.3 Å². The molecule has 0 radical (unpaired) electrons. The zero-order valence-corrected chi connectivity index (χ0v) is 13.2. The summed E-state index contributed by atoms with van der Waals surface area (Å²) >= 11 is 0. The molecule has 0 aromatic carbocycles. The van der Waals surface area contributed by atoms with Gasteiger partial charge in [0, 0.05) is 11.6 Å². The van der Waals surface area contributed by atoms with Crippen LogP contribution in [-0.2, 0) is 0 Å². The van der Waals surface area contributed by atoms with Crippen LogP contribution in [0.3, 0.4) is 0 Å². The summed E-state index contributed by atoms with van der Waals surface area (Å²) in [5, 5.41) is 0. The molecular formula is C17H34N2. The second kappa shape index (κ2) is 7.08. The average Bonchev–Trinajstić information content (AvgIpc) is 2.84. The van der Waals surface area contributed by atoms with Gasteiger partial charge in [0.2, 0.25) is 0 Å². The van der Waals surface area contributed by atoms with Crippen molar-refractivity contribution in [3.63, 3.8) is 0 Å². The second-order valence-corrected chi connectivity index (χ2v) is 6.78. The van der Waals surface area contributed by atoms with Crippen LogP contribution in [-0.4, -0.2) is 29.6 Å². The van der Waals surface area contributed by atoms with E-state index in [1.807, 2.05) is 0 Å². The molecule has 2 heteroatoms. The van der Waals surface area contributed by atoms with E-state index in [0.29, 0.717) is 6.04 Å². The van der Waals surface area contributed by atoms with E-state index in [0.717, 1.165) is 5.92 Å². The van der Waals surface area contributed by atoms with Gasteiger partial charge < -0.3 is 5.73 Å². The number of rotatable bonds is 5. The molecule has 0 spiro atoms. The fourth-order valence-electron chi connectivity index (χ4n) is 4.65. The second-order valence-electron chi connectivity index (χ2n) is 6.78. The van der Waals surface area contributed by atoms with E-state index < -0.39 is 0 Å². The van der Waals surface area contributed by atoms with Gasteiger partial charge in [-0.2, -0.15) is 0 Å². The number of nitrogens with two attached hydrogens (primary N) is 1. The predicted octanol–water partition coefficient (Wildman–Crippen LogP) is 3.94. The van der Waals surface area contributed by atoms with Gasteiger partial charge in [-0.25, -0.2) is 0 Å². The highest BCUT2D eigenvalue weighted by Gasteiger charge is 2.43. The third-order valence-electron chi connectivity index (χ3n) is 5.99. The van der Waals surface area contributed by atoms with Crippen LogP contribution in [0.2, 0.25) is 0 Å². The van der Waals surface area contributed by atoms with Crippen LogP contribution in [0.5, 0.6) is 0 Å². The molecule has 1 aliphatic carbocycles. The maximum Gasteiger partial charge on any atom is 0.0357 e. The Morgan fingerprint density at radius 3 is 1.95 bits per heavy atom. The Labute approximate surface area is 120 Å². The van der Waals surface area contributed by atoms with E-state index in [1.54, 1.807) is 0 Å². The molecule has 19 heavy (non-hydrogen) atoms. The molecule has 1 unspecified atom stereocenters. The van der Waals surface area contributed by atoms with Crippen LogP contribution in [0.25, 0.3) is 0 Å². The molecule has 1 heterocycles. The van der Waals surface area contributed by atoms with Crippen LogP contribution >= 0.6 is 0 Å². The predicted molar refractivity (Wildman–Crippen MR) is 83.3 cm³/mol. The summed E-state index contributed by atoms with van der Waals surface area (Å²) in [6.07, 6.45) is 13.6. The maximum absolute atomic E-state index is 6.86. The van der Waals surface area contributed by atoms with E-state index in [1.165, 1.54) is 77.3 Å². The highest BCUT2D eigenvalue weighted by Crippen LogP contribution is 2.37. The Balaban J connectivity index is 2.11. The van der Waals surface area contributed by atoms with E-state index in [4.69, 9.17) is 5.73 Å². The van der Waals surface area contributed by atoms with Crippen molar-refractivity contribution in [3.8, 4) is 0 Å². The molecule has 0 aromatic rings. The normalized spacial score (nSPS) is 25.4. The van der Waals surface area contributed by atoms with Gasteiger partial charge in [0.1, 0.15) is 0 Å². The van der Waals surface area contributed by atoms with Crippen LogP contribution < -0.4 is 5.73 Å². The minimum absolute atomic E-state index is 0.283. The number of likely N-dealkylation sites (tertiary alicyclic amines) is 1. The summed E-state index contributed by atoms with van der Waals surface area (Å²) in [4.78, 5) is 2.74. The van der Waals surface area contributed by atoms with Crippen molar-refractivity contribution < 1.29 is 0 Å². The SMILES string of the molecule is CCC(CC)(C(N)C1CCCCCC1)N1CCCC1. The lowest BCUT2D eigenvalue weighted by atomic mass is 9.74. The standard InChI is InChI=1S/C17H34N2/c1-3-17(4-2,19-13-9-10-14-19)16(18)15-11-7-5-6-8-12-15/h15-16H,3-14,18H2,1-2H3. The Morgan fingerprint density at radius 2 is 1.47 bits per heavy atom. The summed E-state index contributed by atoms with van der Waals surface area (Å²) in [7, 11) is 0. The van der Waals surface area contributed by atoms with Gasteiger partial charge in [0.25, 0.3) is 0 Å². The summed E-state index contributed by atoms with van der Waals surface area (Å²) < 4.78 is 0. The molecule has 0 amide bonds.